The van der Waals surface area contributed by atoms with E-state index in [2.05, 4.69) is 11.6 Å². The molecule has 0 unspecified atom stereocenters. The number of benzene rings is 1. The van der Waals surface area contributed by atoms with Crippen LogP contribution in [0.2, 0.25) is 5.02 Å². The second kappa shape index (κ2) is 6.27. The van der Waals surface area contributed by atoms with Crippen LogP contribution >= 0.6 is 23.4 Å². The average Bonchev–Trinajstić information content (AvgIpc) is 2.81. The van der Waals surface area contributed by atoms with Gasteiger partial charge in [-0.1, -0.05) is 30.5 Å². The normalized spacial score (nSPS) is 18.2. The van der Waals surface area contributed by atoms with Crippen LogP contribution in [-0.2, 0) is 6.54 Å². The Morgan fingerprint density at radius 2 is 2.11 bits per heavy atom. The second-order valence-electron chi connectivity index (χ2n) is 4.93. The number of rotatable bonds is 5. The third-order valence-electron chi connectivity index (χ3n) is 3.73. The van der Waals surface area contributed by atoms with Crippen LogP contribution in [0.25, 0.3) is 0 Å². The lowest BCUT2D eigenvalue weighted by Gasteiger charge is -2.27. The molecule has 100 valence electrons. The van der Waals surface area contributed by atoms with Gasteiger partial charge >= 0.3 is 0 Å². The summed E-state index contributed by atoms with van der Waals surface area (Å²) in [6.07, 6.45) is 7.44. The maximum absolute atomic E-state index is 12.9. The summed E-state index contributed by atoms with van der Waals surface area (Å²) in [4.78, 5) is 0. The third kappa shape index (κ3) is 3.40. The van der Waals surface area contributed by atoms with Crippen LogP contribution in [0.5, 0.6) is 0 Å². The van der Waals surface area contributed by atoms with Crippen molar-refractivity contribution in [2.75, 3.05) is 12.8 Å². The molecule has 1 saturated carbocycles. The Morgan fingerprint density at radius 1 is 1.39 bits per heavy atom. The minimum Gasteiger partial charge on any atom is -0.311 e. The molecule has 1 aliphatic carbocycles. The molecule has 0 atom stereocenters. The summed E-state index contributed by atoms with van der Waals surface area (Å²) in [5, 5.41) is 3.97. The van der Waals surface area contributed by atoms with Crippen LogP contribution in [0.1, 0.15) is 31.2 Å². The number of nitrogens with one attached hydrogen (secondary N) is 1. The molecule has 1 fully saturated rings. The number of thioether (sulfide) groups is 1. The smallest absolute Gasteiger partial charge is 0.124 e. The Morgan fingerprint density at radius 3 is 2.72 bits per heavy atom. The first-order valence-corrected chi connectivity index (χ1v) is 7.95. The lowest BCUT2D eigenvalue weighted by Crippen LogP contribution is -2.34. The number of halogens is 2. The van der Waals surface area contributed by atoms with E-state index >= 15 is 0 Å². The first-order valence-electron chi connectivity index (χ1n) is 6.35. The lowest BCUT2D eigenvalue weighted by molar-refractivity contribution is 0.533. The van der Waals surface area contributed by atoms with Crippen molar-refractivity contribution in [2.45, 2.75) is 37.0 Å². The second-order valence-corrected chi connectivity index (χ2v) is 6.62. The van der Waals surface area contributed by atoms with Gasteiger partial charge in [0.25, 0.3) is 0 Å². The highest BCUT2D eigenvalue weighted by molar-refractivity contribution is 8.00. The molecule has 0 saturated heterocycles. The minimum atomic E-state index is -0.278. The van der Waals surface area contributed by atoms with Crippen molar-refractivity contribution < 1.29 is 4.39 Å². The van der Waals surface area contributed by atoms with Crippen molar-refractivity contribution in [1.29, 1.82) is 0 Å². The summed E-state index contributed by atoms with van der Waals surface area (Å²) in [6.45, 7) is 1.71. The fourth-order valence-corrected chi connectivity index (χ4v) is 3.74. The van der Waals surface area contributed by atoms with Gasteiger partial charge in [-0.05, 0) is 36.8 Å². The van der Waals surface area contributed by atoms with Gasteiger partial charge in [0.15, 0.2) is 0 Å². The van der Waals surface area contributed by atoms with Gasteiger partial charge in [-0.3, -0.25) is 0 Å². The van der Waals surface area contributed by atoms with Crippen molar-refractivity contribution in [3.63, 3.8) is 0 Å². The monoisotopic (exact) mass is 287 g/mol. The van der Waals surface area contributed by atoms with Crippen LogP contribution in [-0.4, -0.2) is 17.5 Å². The largest absolute Gasteiger partial charge is 0.311 e. The predicted octanol–water partition coefficient (Wildman–Crippen LogP) is 4.24. The molecule has 1 N–H and O–H groups in total. The van der Waals surface area contributed by atoms with Gasteiger partial charge in [-0.2, -0.15) is 11.8 Å². The molecule has 0 spiro atoms. The molecule has 2 rings (SSSR count). The van der Waals surface area contributed by atoms with E-state index < -0.39 is 0 Å². The topological polar surface area (TPSA) is 12.0 Å². The summed E-state index contributed by atoms with van der Waals surface area (Å²) in [5.41, 5.74) is 0.965. The molecule has 18 heavy (non-hydrogen) atoms. The quantitative estimate of drug-likeness (QED) is 0.869. The molecule has 1 aromatic rings. The molecule has 0 amide bonds. The molecule has 0 aromatic heterocycles. The fraction of sp³-hybridized carbons (Fsp3) is 0.571. The maximum Gasteiger partial charge on any atom is 0.124 e. The summed E-state index contributed by atoms with van der Waals surface area (Å²) >= 11 is 7.97. The van der Waals surface area contributed by atoms with Crippen LogP contribution in [0.3, 0.4) is 0 Å². The summed E-state index contributed by atoms with van der Waals surface area (Å²) < 4.78 is 13.3. The highest BCUT2D eigenvalue weighted by Crippen LogP contribution is 2.39. The molecule has 1 aromatic carbocycles. The molecule has 4 heteroatoms. The standard InChI is InChI=1S/C14H19ClFNS/c1-18-14(6-2-3-7-14)10-17-9-11-4-5-12(16)8-13(11)15/h4-5,8,17H,2-3,6-7,9-10H2,1H3. The highest BCUT2D eigenvalue weighted by Gasteiger charge is 2.32. The Hall–Kier alpha value is -0.250. The SMILES string of the molecule is CSC1(CNCc2ccc(F)cc2Cl)CCCC1. The molecular weight excluding hydrogens is 269 g/mol. The van der Waals surface area contributed by atoms with Crippen molar-refractivity contribution in [1.82, 2.24) is 5.32 Å². The number of hydrogen-bond donors (Lipinski definition) is 1. The van der Waals surface area contributed by atoms with E-state index in [-0.39, 0.29) is 5.82 Å². The zero-order valence-corrected chi connectivity index (χ0v) is 12.2. The van der Waals surface area contributed by atoms with E-state index in [9.17, 15) is 4.39 Å². The summed E-state index contributed by atoms with van der Waals surface area (Å²) in [5.74, 6) is -0.278. The maximum atomic E-state index is 12.9. The predicted molar refractivity (Wildman–Crippen MR) is 77.8 cm³/mol. The van der Waals surface area contributed by atoms with E-state index in [0.717, 1.165) is 12.1 Å². The number of hydrogen-bond acceptors (Lipinski definition) is 2. The molecule has 0 heterocycles. The van der Waals surface area contributed by atoms with E-state index in [1.807, 2.05) is 11.8 Å². The Kier molecular flexibility index (Phi) is 4.93. The zero-order chi connectivity index (χ0) is 13.0. The van der Waals surface area contributed by atoms with E-state index in [4.69, 9.17) is 11.6 Å². The highest BCUT2D eigenvalue weighted by atomic mass is 35.5. The van der Waals surface area contributed by atoms with Gasteiger partial charge in [-0.25, -0.2) is 4.39 Å². The van der Waals surface area contributed by atoms with Gasteiger partial charge in [0.05, 0.1) is 0 Å². The Bertz CT molecular complexity index is 405. The van der Waals surface area contributed by atoms with E-state index in [1.165, 1.54) is 37.8 Å². The molecule has 0 radical (unpaired) electrons. The summed E-state index contributed by atoms with van der Waals surface area (Å²) in [6, 6.07) is 4.59. The van der Waals surface area contributed by atoms with Gasteiger partial charge < -0.3 is 5.32 Å². The lowest BCUT2D eigenvalue weighted by atomic mass is 10.1. The molecule has 0 aliphatic heterocycles. The third-order valence-corrected chi connectivity index (χ3v) is 5.50. The van der Waals surface area contributed by atoms with Gasteiger partial charge in [-0.15, -0.1) is 0 Å². The average molecular weight is 288 g/mol. The van der Waals surface area contributed by atoms with Crippen molar-refractivity contribution in [2.24, 2.45) is 0 Å². The van der Waals surface area contributed by atoms with E-state index in [0.29, 0.717) is 16.3 Å². The van der Waals surface area contributed by atoms with Crippen LogP contribution in [0.4, 0.5) is 4.39 Å². The van der Waals surface area contributed by atoms with Gasteiger partial charge in [0.1, 0.15) is 5.82 Å². The molecular formula is C14H19ClFNS. The van der Waals surface area contributed by atoms with Crippen molar-refractivity contribution >= 4 is 23.4 Å². The van der Waals surface area contributed by atoms with Crippen LogP contribution < -0.4 is 5.32 Å². The minimum absolute atomic E-state index is 0.278. The first-order chi connectivity index (χ1) is 8.65. The fourth-order valence-electron chi connectivity index (χ4n) is 2.56. The molecule has 1 aliphatic rings. The van der Waals surface area contributed by atoms with Crippen LogP contribution in [0, 0.1) is 5.82 Å². The Balaban J connectivity index is 1.88. The molecule has 1 nitrogen and oxygen atoms in total. The van der Waals surface area contributed by atoms with Crippen molar-refractivity contribution in [3.05, 3.63) is 34.6 Å². The molecule has 0 bridgehead atoms. The van der Waals surface area contributed by atoms with Crippen molar-refractivity contribution in [3.8, 4) is 0 Å². The zero-order valence-electron chi connectivity index (χ0n) is 10.6. The first kappa shape index (κ1) is 14.2. The Labute approximate surface area is 117 Å². The van der Waals surface area contributed by atoms with Gasteiger partial charge in [0.2, 0.25) is 0 Å². The van der Waals surface area contributed by atoms with E-state index in [1.54, 1.807) is 6.07 Å². The van der Waals surface area contributed by atoms with Gasteiger partial charge in [0, 0.05) is 22.9 Å². The summed E-state index contributed by atoms with van der Waals surface area (Å²) in [7, 11) is 0. The van der Waals surface area contributed by atoms with Crippen LogP contribution in [0.15, 0.2) is 18.2 Å².